The minimum absolute atomic E-state index is 0.0108. The van der Waals surface area contributed by atoms with Crippen LogP contribution in [0.15, 0.2) is 25.3 Å². The average Bonchev–Trinajstić information content (AvgIpc) is 3.22. The molecular formula is C31H46F2N4O6. The van der Waals surface area contributed by atoms with E-state index in [9.17, 15) is 32.8 Å². The van der Waals surface area contributed by atoms with Crippen molar-refractivity contribution in [3.05, 3.63) is 25.3 Å². The smallest absolute Gasteiger partial charge is 0.408 e. The number of ether oxygens (including phenoxy) is 1. The number of likely N-dealkylation sites (tertiary alicyclic amines) is 1. The van der Waals surface area contributed by atoms with Crippen LogP contribution in [0.25, 0.3) is 0 Å². The minimum atomic E-state index is -2.84. The van der Waals surface area contributed by atoms with Gasteiger partial charge in [0.25, 0.3) is 5.91 Å². The quantitative estimate of drug-likeness (QED) is 0.229. The summed E-state index contributed by atoms with van der Waals surface area (Å²) < 4.78 is 33.4. The van der Waals surface area contributed by atoms with Crippen LogP contribution in [-0.4, -0.2) is 77.2 Å². The molecule has 3 aliphatic rings. The van der Waals surface area contributed by atoms with E-state index in [1.807, 2.05) is 13.8 Å². The number of halogens is 2. The summed E-state index contributed by atoms with van der Waals surface area (Å²) in [6, 6.07) is -3.30. The van der Waals surface area contributed by atoms with E-state index in [-0.39, 0.29) is 49.6 Å². The second-order valence-electron chi connectivity index (χ2n) is 13.5. The van der Waals surface area contributed by atoms with Gasteiger partial charge in [-0.2, -0.15) is 0 Å². The second kappa shape index (κ2) is 13.1. The normalized spacial score (nSPS) is 25.4. The van der Waals surface area contributed by atoms with Gasteiger partial charge in [-0.1, -0.05) is 26.0 Å². The fourth-order valence-corrected chi connectivity index (χ4v) is 6.42. The molecule has 1 aliphatic heterocycles. The van der Waals surface area contributed by atoms with Crippen molar-refractivity contribution in [1.82, 2.24) is 20.9 Å². The first-order valence-corrected chi connectivity index (χ1v) is 15.0. The van der Waals surface area contributed by atoms with Gasteiger partial charge in [0.05, 0.1) is 6.04 Å². The molecule has 3 N–H and O–H groups in total. The van der Waals surface area contributed by atoms with Crippen molar-refractivity contribution in [3.8, 4) is 0 Å². The monoisotopic (exact) mass is 608 g/mol. The molecule has 5 atom stereocenters. The number of hydrogen-bond donors (Lipinski definition) is 3. The summed E-state index contributed by atoms with van der Waals surface area (Å²) in [4.78, 5) is 67.6. The minimum Gasteiger partial charge on any atom is -0.444 e. The van der Waals surface area contributed by atoms with E-state index in [1.54, 1.807) is 26.8 Å². The molecule has 0 radical (unpaired) electrons. The lowest BCUT2D eigenvalue weighted by Crippen LogP contribution is -2.60. The zero-order valence-corrected chi connectivity index (χ0v) is 25.8. The number of nitrogens with one attached hydrogen (secondary N) is 3. The highest BCUT2D eigenvalue weighted by Gasteiger charge is 2.69. The fraction of sp³-hybridized carbons (Fsp3) is 0.710. The SMILES string of the molecule is C=CCCC(NC(=O)C1C2C(CN1C(=O)C(NC(=O)OC(C)(C)C)C1CCC(F)(F)CC1)C2(C)C)C(=O)C(=O)NCC=C. The van der Waals surface area contributed by atoms with E-state index in [1.165, 1.54) is 11.0 Å². The molecule has 1 saturated heterocycles. The van der Waals surface area contributed by atoms with Crippen LogP contribution in [0, 0.1) is 23.2 Å². The zero-order chi connectivity index (χ0) is 32.3. The number of Topliss-reactive ketones (excluding diaryl/α,β-unsaturated/α-hetero) is 1. The Hall–Kier alpha value is -3.31. The molecule has 5 unspecified atom stereocenters. The van der Waals surface area contributed by atoms with Crippen LogP contribution in [0.1, 0.15) is 73.1 Å². The maximum absolute atomic E-state index is 14.2. The molecule has 0 aromatic rings. The van der Waals surface area contributed by atoms with Gasteiger partial charge in [-0.3, -0.25) is 19.2 Å². The number of hydrogen-bond acceptors (Lipinski definition) is 6. The summed E-state index contributed by atoms with van der Waals surface area (Å²) >= 11 is 0. The van der Waals surface area contributed by atoms with Crippen LogP contribution in [-0.2, 0) is 23.9 Å². The highest BCUT2D eigenvalue weighted by atomic mass is 19.3. The van der Waals surface area contributed by atoms with Gasteiger partial charge in [-0.05, 0) is 69.6 Å². The number of alkyl halides is 2. The molecule has 3 rings (SSSR count). The Morgan fingerprint density at radius 1 is 1.05 bits per heavy atom. The number of piperidine rings is 1. The van der Waals surface area contributed by atoms with Crippen LogP contribution in [0.2, 0.25) is 0 Å². The molecule has 10 nitrogen and oxygen atoms in total. The number of fused-ring (bicyclic) bond motifs is 1. The van der Waals surface area contributed by atoms with Crippen molar-refractivity contribution in [1.29, 1.82) is 0 Å². The standard InChI is InChI=1S/C31H46F2N4O6/c1-8-10-11-20(24(38)26(40)34-16-9-2)35-25(39)23-21-19(30(21,6)7)17-37(23)27(41)22(36-28(42)43-29(3,4)5)18-12-14-31(32,33)15-13-18/h8-9,18-23H,1-2,10-17H2,3-7H3,(H,34,40)(H,35,39)(H,36,42). The predicted octanol–water partition coefficient (Wildman–Crippen LogP) is 3.51. The number of carbonyl (C=O) groups excluding carboxylic acids is 5. The highest BCUT2D eigenvalue weighted by molar-refractivity contribution is 6.38. The van der Waals surface area contributed by atoms with Crippen LogP contribution in [0.5, 0.6) is 0 Å². The van der Waals surface area contributed by atoms with Gasteiger partial charge < -0.3 is 25.6 Å². The first-order valence-electron chi connectivity index (χ1n) is 15.0. The number of nitrogens with zero attached hydrogens (tertiary/aromatic N) is 1. The summed E-state index contributed by atoms with van der Waals surface area (Å²) in [6.07, 6.45) is 1.82. The van der Waals surface area contributed by atoms with Gasteiger partial charge in [-0.15, -0.1) is 13.2 Å². The average molecular weight is 609 g/mol. The number of amides is 4. The molecule has 240 valence electrons. The summed E-state index contributed by atoms with van der Waals surface area (Å²) in [6.45, 7) is 16.5. The van der Waals surface area contributed by atoms with Gasteiger partial charge in [0.1, 0.15) is 17.7 Å². The van der Waals surface area contributed by atoms with Gasteiger partial charge in [0, 0.05) is 25.9 Å². The third-order valence-corrected chi connectivity index (χ3v) is 8.85. The van der Waals surface area contributed by atoms with Crippen LogP contribution in [0.4, 0.5) is 13.6 Å². The Morgan fingerprint density at radius 3 is 2.23 bits per heavy atom. The fourth-order valence-electron chi connectivity index (χ4n) is 6.42. The summed E-state index contributed by atoms with van der Waals surface area (Å²) in [5, 5.41) is 7.75. The van der Waals surface area contributed by atoms with Crippen molar-refractivity contribution in [2.24, 2.45) is 23.2 Å². The van der Waals surface area contributed by atoms with Crippen molar-refractivity contribution in [2.75, 3.05) is 13.1 Å². The van der Waals surface area contributed by atoms with E-state index in [0.717, 1.165) is 0 Å². The lowest BCUT2D eigenvalue weighted by Gasteiger charge is -2.38. The molecule has 43 heavy (non-hydrogen) atoms. The first-order chi connectivity index (χ1) is 19.9. The second-order valence-corrected chi connectivity index (χ2v) is 13.5. The molecule has 1 heterocycles. The van der Waals surface area contributed by atoms with Gasteiger partial charge >= 0.3 is 6.09 Å². The Labute approximate surface area is 252 Å². The highest BCUT2D eigenvalue weighted by Crippen LogP contribution is 2.65. The Bertz CT molecular complexity index is 1120. The number of ketones is 1. The van der Waals surface area contributed by atoms with E-state index >= 15 is 0 Å². The van der Waals surface area contributed by atoms with Crippen LogP contribution in [0.3, 0.4) is 0 Å². The molecule has 0 spiro atoms. The van der Waals surface area contributed by atoms with Gasteiger partial charge in [0.15, 0.2) is 0 Å². The number of carbonyl (C=O) groups is 5. The summed E-state index contributed by atoms with van der Waals surface area (Å²) in [5.74, 6) is -6.49. The van der Waals surface area contributed by atoms with E-state index < -0.39 is 78.0 Å². The maximum atomic E-state index is 14.2. The van der Waals surface area contributed by atoms with E-state index in [4.69, 9.17) is 4.74 Å². The molecule has 3 fully saturated rings. The number of rotatable bonds is 12. The van der Waals surface area contributed by atoms with Crippen LogP contribution < -0.4 is 16.0 Å². The summed E-state index contributed by atoms with van der Waals surface area (Å²) in [7, 11) is 0. The number of alkyl carbamates (subject to hydrolysis) is 1. The van der Waals surface area contributed by atoms with Crippen molar-refractivity contribution in [3.63, 3.8) is 0 Å². The Balaban J connectivity index is 1.87. The summed E-state index contributed by atoms with van der Waals surface area (Å²) in [5.41, 5.74) is -1.12. The van der Waals surface area contributed by atoms with Gasteiger partial charge in [-0.25, -0.2) is 13.6 Å². The Kier molecular flexibility index (Phi) is 10.4. The third kappa shape index (κ3) is 8.20. The molecule has 2 aliphatic carbocycles. The molecule has 4 amide bonds. The lowest BCUT2D eigenvalue weighted by atomic mass is 9.81. The predicted molar refractivity (Wildman–Crippen MR) is 156 cm³/mol. The Morgan fingerprint density at radius 2 is 1.67 bits per heavy atom. The first kappa shape index (κ1) is 34.2. The molecule has 0 aromatic carbocycles. The zero-order valence-electron chi connectivity index (χ0n) is 25.8. The third-order valence-electron chi connectivity index (χ3n) is 8.85. The van der Waals surface area contributed by atoms with Crippen LogP contribution >= 0.6 is 0 Å². The maximum Gasteiger partial charge on any atom is 0.408 e. The molecule has 0 aromatic heterocycles. The van der Waals surface area contributed by atoms with Crippen molar-refractivity contribution >= 4 is 29.6 Å². The number of allylic oxidation sites excluding steroid dienone is 1. The topological polar surface area (TPSA) is 134 Å². The largest absolute Gasteiger partial charge is 0.444 e. The van der Waals surface area contributed by atoms with Crippen molar-refractivity contribution in [2.45, 2.75) is 103 Å². The van der Waals surface area contributed by atoms with Gasteiger partial charge in [0.2, 0.25) is 23.5 Å². The van der Waals surface area contributed by atoms with E-state index in [0.29, 0.717) is 6.42 Å². The lowest BCUT2D eigenvalue weighted by molar-refractivity contribution is -0.145. The van der Waals surface area contributed by atoms with Crippen molar-refractivity contribution < 1.29 is 37.5 Å². The van der Waals surface area contributed by atoms with E-state index in [2.05, 4.69) is 29.1 Å². The molecule has 2 saturated carbocycles. The molecule has 12 heteroatoms. The molecular weight excluding hydrogens is 562 g/mol. The molecule has 0 bridgehead atoms.